The quantitative estimate of drug-likeness (QED) is 0.811. The molecular formula is C15H23F2N. The van der Waals surface area contributed by atoms with E-state index in [1.165, 1.54) is 12.1 Å². The van der Waals surface area contributed by atoms with Crippen molar-refractivity contribution in [2.45, 2.75) is 33.6 Å². The van der Waals surface area contributed by atoms with Gasteiger partial charge in [-0.25, -0.2) is 8.78 Å². The first-order valence-electron chi connectivity index (χ1n) is 6.57. The van der Waals surface area contributed by atoms with Crippen molar-refractivity contribution in [3.8, 4) is 0 Å². The minimum Gasteiger partial charge on any atom is -0.316 e. The van der Waals surface area contributed by atoms with Crippen LogP contribution in [0.5, 0.6) is 0 Å². The lowest BCUT2D eigenvalue weighted by atomic mass is 9.88. The van der Waals surface area contributed by atoms with E-state index in [0.29, 0.717) is 11.8 Å². The first-order chi connectivity index (χ1) is 8.41. The van der Waals surface area contributed by atoms with Gasteiger partial charge in [-0.1, -0.05) is 33.8 Å². The summed E-state index contributed by atoms with van der Waals surface area (Å²) in [6, 6.07) is 4.18. The molecule has 0 aromatic heterocycles. The van der Waals surface area contributed by atoms with Crippen molar-refractivity contribution in [1.82, 2.24) is 5.32 Å². The van der Waals surface area contributed by atoms with Crippen LogP contribution in [0, 0.1) is 23.5 Å². The van der Waals surface area contributed by atoms with Gasteiger partial charge < -0.3 is 5.32 Å². The summed E-state index contributed by atoms with van der Waals surface area (Å²) in [6.45, 7) is 10.4. The van der Waals surface area contributed by atoms with E-state index < -0.39 is 11.6 Å². The van der Waals surface area contributed by atoms with E-state index in [-0.39, 0.29) is 5.92 Å². The molecule has 0 saturated heterocycles. The lowest BCUT2D eigenvalue weighted by molar-refractivity contribution is 0.425. The van der Waals surface area contributed by atoms with E-state index in [4.69, 9.17) is 0 Å². The lowest BCUT2D eigenvalue weighted by Gasteiger charge is -2.21. The second kappa shape index (κ2) is 6.83. The molecule has 3 heteroatoms. The molecule has 1 rings (SSSR count). The van der Waals surface area contributed by atoms with Crippen LogP contribution in [-0.2, 0) is 0 Å². The highest BCUT2D eigenvalue weighted by Crippen LogP contribution is 2.24. The minimum absolute atomic E-state index is 0.208. The van der Waals surface area contributed by atoms with E-state index in [9.17, 15) is 8.78 Å². The number of halogens is 2. The predicted octanol–water partition coefficient (Wildman–Crippen LogP) is 3.95. The SMILES string of the molecule is CC(C)CNCC(C)C(C)c1ccc(F)c(F)c1. The third-order valence-electron chi connectivity index (χ3n) is 3.34. The number of rotatable bonds is 6. The minimum atomic E-state index is -0.781. The average molecular weight is 255 g/mol. The molecule has 0 aliphatic heterocycles. The van der Waals surface area contributed by atoms with Crippen molar-refractivity contribution in [2.75, 3.05) is 13.1 Å². The van der Waals surface area contributed by atoms with Crippen molar-refractivity contribution < 1.29 is 8.78 Å². The zero-order chi connectivity index (χ0) is 13.7. The molecular weight excluding hydrogens is 232 g/mol. The Kier molecular flexibility index (Phi) is 5.73. The molecule has 102 valence electrons. The fourth-order valence-electron chi connectivity index (χ4n) is 1.90. The van der Waals surface area contributed by atoms with Crippen LogP contribution >= 0.6 is 0 Å². The summed E-state index contributed by atoms with van der Waals surface area (Å²) >= 11 is 0. The third kappa shape index (κ3) is 4.37. The van der Waals surface area contributed by atoms with Crippen molar-refractivity contribution in [3.05, 3.63) is 35.4 Å². The maximum atomic E-state index is 13.2. The van der Waals surface area contributed by atoms with Gasteiger partial charge >= 0.3 is 0 Å². The molecule has 0 aliphatic carbocycles. The van der Waals surface area contributed by atoms with Crippen LogP contribution in [0.4, 0.5) is 8.78 Å². The first-order valence-corrected chi connectivity index (χ1v) is 6.57. The standard InChI is InChI=1S/C15H23F2N/c1-10(2)8-18-9-11(3)12(4)13-5-6-14(16)15(17)7-13/h5-7,10-12,18H,8-9H2,1-4H3. The summed E-state index contributed by atoms with van der Waals surface area (Å²) in [6.07, 6.45) is 0. The monoisotopic (exact) mass is 255 g/mol. The van der Waals surface area contributed by atoms with Crippen molar-refractivity contribution in [2.24, 2.45) is 11.8 Å². The van der Waals surface area contributed by atoms with E-state index in [2.05, 4.69) is 26.1 Å². The van der Waals surface area contributed by atoms with Crippen molar-refractivity contribution in [1.29, 1.82) is 0 Å². The highest BCUT2D eigenvalue weighted by molar-refractivity contribution is 5.21. The van der Waals surface area contributed by atoms with Crippen LogP contribution in [0.15, 0.2) is 18.2 Å². The second-order valence-electron chi connectivity index (χ2n) is 5.49. The molecule has 18 heavy (non-hydrogen) atoms. The maximum absolute atomic E-state index is 13.2. The summed E-state index contributed by atoms with van der Waals surface area (Å²) < 4.78 is 26.0. The molecule has 0 spiro atoms. The molecule has 0 aliphatic rings. The zero-order valence-electron chi connectivity index (χ0n) is 11.6. The summed E-state index contributed by atoms with van der Waals surface area (Å²) in [5.74, 6) is -0.331. The smallest absolute Gasteiger partial charge is 0.159 e. The second-order valence-corrected chi connectivity index (χ2v) is 5.49. The first kappa shape index (κ1) is 15.1. The van der Waals surface area contributed by atoms with Gasteiger partial charge in [0.15, 0.2) is 11.6 Å². The number of nitrogens with one attached hydrogen (secondary N) is 1. The molecule has 2 atom stereocenters. The Hall–Kier alpha value is -0.960. The number of hydrogen-bond acceptors (Lipinski definition) is 1. The number of benzene rings is 1. The van der Waals surface area contributed by atoms with Crippen LogP contribution in [0.25, 0.3) is 0 Å². The molecule has 1 N–H and O–H groups in total. The maximum Gasteiger partial charge on any atom is 0.159 e. The average Bonchev–Trinajstić information content (AvgIpc) is 2.31. The third-order valence-corrected chi connectivity index (χ3v) is 3.34. The molecule has 1 nitrogen and oxygen atoms in total. The summed E-state index contributed by atoms with van der Waals surface area (Å²) in [4.78, 5) is 0. The van der Waals surface area contributed by atoms with Gasteiger partial charge in [0.1, 0.15) is 0 Å². The normalized spacial score (nSPS) is 14.8. The van der Waals surface area contributed by atoms with Gasteiger partial charge in [0, 0.05) is 0 Å². The largest absolute Gasteiger partial charge is 0.316 e. The molecule has 0 fully saturated rings. The topological polar surface area (TPSA) is 12.0 Å². The van der Waals surface area contributed by atoms with Gasteiger partial charge in [-0.05, 0) is 48.5 Å². The molecule has 0 amide bonds. The van der Waals surface area contributed by atoms with Gasteiger partial charge in [0.2, 0.25) is 0 Å². The molecule has 1 aromatic rings. The molecule has 0 radical (unpaired) electrons. The zero-order valence-corrected chi connectivity index (χ0v) is 11.6. The van der Waals surface area contributed by atoms with Crippen molar-refractivity contribution in [3.63, 3.8) is 0 Å². The Labute approximate surface area is 109 Å². The molecule has 0 heterocycles. The predicted molar refractivity (Wildman–Crippen MR) is 71.6 cm³/mol. The highest BCUT2D eigenvalue weighted by Gasteiger charge is 2.15. The van der Waals surface area contributed by atoms with Crippen molar-refractivity contribution >= 4 is 0 Å². The fourth-order valence-corrected chi connectivity index (χ4v) is 1.90. The fraction of sp³-hybridized carbons (Fsp3) is 0.600. The number of hydrogen-bond donors (Lipinski definition) is 1. The Bertz CT molecular complexity index is 377. The van der Waals surface area contributed by atoms with Gasteiger partial charge in [-0.3, -0.25) is 0 Å². The van der Waals surface area contributed by atoms with Gasteiger partial charge in [-0.15, -0.1) is 0 Å². The molecule has 0 saturated carbocycles. The Morgan fingerprint density at radius 1 is 1.00 bits per heavy atom. The molecule has 0 bridgehead atoms. The Balaban J connectivity index is 2.56. The van der Waals surface area contributed by atoms with E-state index >= 15 is 0 Å². The van der Waals surface area contributed by atoms with Gasteiger partial charge in [0.25, 0.3) is 0 Å². The van der Waals surface area contributed by atoms with Gasteiger partial charge in [0.05, 0.1) is 0 Å². The van der Waals surface area contributed by atoms with Crippen LogP contribution in [-0.4, -0.2) is 13.1 Å². The van der Waals surface area contributed by atoms with Crippen LogP contribution in [0.2, 0.25) is 0 Å². The van der Waals surface area contributed by atoms with E-state index in [0.717, 1.165) is 18.7 Å². The summed E-state index contributed by atoms with van der Waals surface area (Å²) in [7, 11) is 0. The van der Waals surface area contributed by atoms with E-state index in [1.807, 2.05) is 6.92 Å². The highest BCUT2D eigenvalue weighted by atomic mass is 19.2. The van der Waals surface area contributed by atoms with Crippen LogP contribution in [0.3, 0.4) is 0 Å². The molecule has 2 unspecified atom stereocenters. The van der Waals surface area contributed by atoms with E-state index in [1.54, 1.807) is 6.07 Å². The Morgan fingerprint density at radius 3 is 2.22 bits per heavy atom. The van der Waals surface area contributed by atoms with Gasteiger partial charge in [-0.2, -0.15) is 0 Å². The summed E-state index contributed by atoms with van der Waals surface area (Å²) in [5.41, 5.74) is 0.854. The summed E-state index contributed by atoms with van der Waals surface area (Å²) in [5, 5.41) is 3.39. The van der Waals surface area contributed by atoms with Crippen LogP contribution in [0.1, 0.15) is 39.2 Å². The lowest BCUT2D eigenvalue weighted by Crippen LogP contribution is -2.27. The van der Waals surface area contributed by atoms with Crippen LogP contribution < -0.4 is 5.32 Å². The molecule has 1 aromatic carbocycles. The Morgan fingerprint density at radius 2 is 1.67 bits per heavy atom.